The summed E-state index contributed by atoms with van der Waals surface area (Å²) >= 11 is 0. The van der Waals surface area contributed by atoms with Crippen molar-refractivity contribution in [2.75, 3.05) is 33.4 Å². The van der Waals surface area contributed by atoms with Gasteiger partial charge in [-0.05, 0) is 19.4 Å². The molecule has 1 heterocycles. The number of morpholine rings is 1. The van der Waals surface area contributed by atoms with Crippen molar-refractivity contribution < 1.29 is 9.47 Å². The Hall–Kier alpha value is -1.10. The van der Waals surface area contributed by atoms with E-state index < -0.39 is 0 Å². The van der Waals surface area contributed by atoms with E-state index in [-0.39, 0.29) is 6.10 Å². The van der Waals surface area contributed by atoms with Gasteiger partial charge in [-0.15, -0.1) is 0 Å². The number of rotatable bonds is 5. The molecule has 0 bridgehead atoms. The second-order valence-electron chi connectivity index (χ2n) is 5.10. The van der Waals surface area contributed by atoms with Crippen LogP contribution in [0.1, 0.15) is 16.7 Å². The van der Waals surface area contributed by atoms with Crippen LogP contribution in [-0.2, 0) is 11.3 Å². The summed E-state index contributed by atoms with van der Waals surface area (Å²) in [6.45, 7) is 8.57. The van der Waals surface area contributed by atoms with E-state index in [1.54, 1.807) is 7.11 Å². The molecule has 0 spiro atoms. The van der Waals surface area contributed by atoms with Crippen molar-refractivity contribution in [3.05, 3.63) is 28.8 Å². The molecule has 1 aliphatic heterocycles. The molecule has 0 aliphatic carbocycles. The minimum atomic E-state index is 0.269. The average molecular weight is 264 g/mol. The van der Waals surface area contributed by atoms with Crippen molar-refractivity contribution in [2.45, 2.75) is 26.5 Å². The largest absolute Gasteiger partial charge is 0.496 e. The maximum absolute atomic E-state index is 5.66. The van der Waals surface area contributed by atoms with Crippen molar-refractivity contribution >= 4 is 0 Å². The number of aryl methyl sites for hydroxylation is 2. The van der Waals surface area contributed by atoms with Gasteiger partial charge < -0.3 is 20.1 Å². The molecule has 0 radical (unpaired) electrons. The van der Waals surface area contributed by atoms with Gasteiger partial charge in [0.15, 0.2) is 0 Å². The van der Waals surface area contributed by atoms with Crippen LogP contribution < -0.4 is 15.4 Å². The molecule has 1 aromatic rings. The lowest BCUT2D eigenvalue weighted by Crippen LogP contribution is -2.43. The number of methoxy groups -OCH3 is 1. The zero-order valence-electron chi connectivity index (χ0n) is 12.1. The van der Waals surface area contributed by atoms with Gasteiger partial charge in [0.05, 0.1) is 19.8 Å². The number of hydrogen-bond acceptors (Lipinski definition) is 4. The first-order valence-electron chi connectivity index (χ1n) is 6.88. The number of benzene rings is 1. The highest BCUT2D eigenvalue weighted by Crippen LogP contribution is 2.24. The molecular formula is C15H24N2O2. The minimum Gasteiger partial charge on any atom is -0.496 e. The molecule has 19 heavy (non-hydrogen) atoms. The maximum Gasteiger partial charge on any atom is 0.126 e. The first-order chi connectivity index (χ1) is 9.20. The molecule has 106 valence electrons. The Kier molecular flexibility index (Phi) is 5.19. The SMILES string of the molecule is COc1c(C)cc(C)cc1CNCC1CNCCO1. The second-order valence-corrected chi connectivity index (χ2v) is 5.10. The minimum absolute atomic E-state index is 0.269. The highest BCUT2D eigenvalue weighted by Gasteiger charge is 2.13. The Morgan fingerprint density at radius 3 is 2.95 bits per heavy atom. The summed E-state index contributed by atoms with van der Waals surface area (Å²) in [5.41, 5.74) is 3.67. The summed E-state index contributed by atoms with van der Waals surface area (Å²) in [5.74, 6) is 0.987. The van der Waals surface area contributed by atoms with Gasteiger partial charge in [0, 0.05) is 31.7 Å². The van der Waals surface area contributed by atoms with Gasteiger partial charge in [-0.3, -0.25) is 0 Å². The van der Waals surface area contributed by atoms with E-state index in [4.69, 9.17) is 9.47 Å². The van der Waals surface area contributed by atoms with Crippen molar-refractivity contribution in [1.29, 1.82) is 0 Å². The number of ether oxygens (including phenoxy) is 2. The number of nitrogens with one attached hydrogen (secondary N) is 2. The molecule has 2 rings (SSSR count). The van der Waals surface area contributed by atoms with Gasteiger partial charge in [0.1, 0.15) is 5.75 Å². The summed E-state index contributed by atoms with van der Waals surface area (Å²) in [6.07, 6.45) is 0.269. The molecule has 0 aromatic heterocycles. The molecule has 2 N–H and O–H groups in total. The highest BCUT2D eigenvalue weighted by molar-refractivity contribution is 5.43. The molecule has 1 atom stereocenters. The number of hydrogen-bond donors (Lipinski definition) is 2. The van der Waals surface area contributed by atoms with Crippen molar-refractivity contribution in [3.8, 4) is 5.75 Å². The first-order valence-corrected chi connectivity index (χ1v) is 6.88. The van der Waals surface area contributed by atoms with E-state index >= 15 is 0 Å². The third-order valence-electron chi connectivity index (χ3n) is 3.39. The van der Waals surface area contributed by atoms with E-state index in [0.717, 1.165) is 38.5 Å². The summed E-state index contributed by atoms with van der Waals surface area (Å²) in [5, 5.41) is 6.79. The Bertz CT molecular complexity index is 415. The molecule has 1 aromatic carbocycles. The second kappa shape index (κ2) is 6.89. The van der Waals surface area contributed by atoms with E-state index in [1.165, 1.54) is 16.7 Å². The van der Waals surface area contributed by atoms with E-state index in [1.807, 2.05) is 0 Å². The van der Waals surface area contributed by atoms with Gasteiger partial charge in [-0.25, -0.2) is 0 Å². The lowest BCUT2D eigenvalue weighted by molar-refractivity contribution is 0.0290. The molecule has 4 heteroatoms. The zero-order chi connectivity index (χ0) is 13.7. The summed E-state index contributed by atoms with van der Waals surface area (Å²) < 4.78 is 11.2. The van der Waals surface area contributed by atoms with Crippen LogP contribution >= 0.6 is 0 Å². The first kappa shape index (κ1) is 14.3. The molecule has 1 unspecified atom stereocenters. The normalized spacial score (nSPS) is 19.4. The fraction of sp³-hybridized carbons (Fsp3) is 0.600. The van der Waals surface area contributed by atoms with Gasteiger partial charge in [0.25, 0.3) is 0 Å². The van der Waals surface area contributed by atoms with Crippen LogP contribution in [0.3, 0.4) is 0 Å². The van der Waals surface area contributed by atoms with E-state index in [0.29, 0.717) is 0 Å². The quantitative estimate of drug-likeness (QED) is 0.843. The Balaban J connectivity index is 1.91. The maximum atomic E-state index is 5.66. The van der Waals surface area contributed by atoms with Crippen LogP contribution in [0.2, 0.25) is 0 Å². The molecule has 4 nitrogen and oxygen atoms in total. The fourth-order valence-electron chi connectivity index (χ4n) is 2.58. The third-order valence-corrected chi connectivity index (χ3v) is 3.39. The summed E-state index contributed by atoms with van der Waals surface area (Å²) in [4.78, 5) is 0. The van der Waals surface area contributed by atoms with Crippen molar-refractivity contribution in [3.63, 3.8) is 0 Å². The predicted octanol–water partition coefficient (Wildman–Crippen LogP) is 1.39. The van der Waals surface area contributed by atoms with Crippen molar-refractivity contribution in [2.24, 2.45) is 0 Å². The van der Waals surface area contributed by atoms with E-state index in [2.05, 4.69) is 36.6 Å². The monoisotopic (exact) mass is 264 g/mol. The Labute approximate surface area is 115 Å². The lowest BCUT2D eigenvalue weighted by atomic mass is 10.1. The summed E-state index contributed by atoms with van der Waals surface area (Å²) in [6, 6.07) is 4.33. The molecule has 0 saturated carbocycles. The smallest absolute Gasteiger partial charge is 0.126 e. The van der Waals surface area contributed by atoms with Crippen LogP contribution in [-0.4, -0.2) is 39.5 Å². The van der Waals surface area contributed by atoms with Gasteiger partial charge in [-0.2, -0.15) is 0 Å². The lowest BCUT2D eigenvalue weighted by Gasteiger charge is -2.24. The predicted molar refractivity (Wildman–Crippen MR) is 76.8 cm³/mol. The molecule has 1 saturated heterocycles. The molecule has 1 aliphatic rings. The van der Waals surface area contributed by atoms with Gasteiger partial charge in [0.2, 0.25) is 0 Å². The van der Waals surface area contributed by atoms with Crippen LogP contribution in [0.15, 0.2) is 12.1 Å². The van der Waals surface area contributed by atoms with E-state index in [9.17, 15) is 0 Å². The topological polar surface area (TPSA) is 42.5 Å². The Morgan fingerprint density at radius 1 is 1.42 bits per heavy atom. The third kappa shape index (κ3) is 3.93. The van der Waals surface area contributed by atoms with Gasteiger partial charge in [-0.1, -0.05) is 17.7 Å². The van der Waals surface area contributed by atoms with Crippen LogP contribution in [0.4, 0.5) is 0 Å². The van der Waals surface area contributed by atoms with Crippen LogP contribution in [0.5, 0.6) is 5.75 Å². The fourth-order valence-corrected chi connectivity index (χ4v) is 2.58. The molecule has 1 fully saturated rings. The summed E-state index contributed by atoms with van der Waals surface area (Å²) in [7, 11) is 1.73. The standard InChI is InChI=1S/C15H24N2O2/c1-11-6-12(2)15(18-3)13(7-11)8-17-10-14-9-16-4-5-19-14/h6-7,14,16-17H,4-5,8-10H2,1-3H3. The zero-order valence-corrected chi connectivity index (χ0v) is 12.1. The Morgan fingerprint density at radius 2 is 2.26 bits per heavy atom. The molecule has 0 amide bonds. The van der Waals surface area contributed by atoms with Crippen LogP contribution in [0.25, 0.3) is 0 Å². The highest BCUT2D eigenvalue weighted by atomic mass is 16.5. The molecular weight excluding hydrogens is 240 g/mol. The average Bonchev–Trinajstić information content (AvgIpc) is 2.39. The van der Waals surface area contributed by atoms with Crippen molar-refractivity contribution in [1.82, 2.24) is 10.6 Å². The van der Waals surface area contributed by atoms with Crippen LogP contribution in [0, 0.1) is 13.8 Å². The van der Waals surface area contributed by atoms with Gasteiger partial charge >= 0.3 is 0 Å².